The van der Waals surface area contributed by atoms with Crippen molar-refractivity contribution in [3.63, 3.8) is 0 Å². The van der Waals surface area contributed by atoms with Crippen LogP contribution in [0.5, 0.6) is 5.75 Å². The number of hydrogen-bond donors (Lipinski definition) is 3. The number of rotatable bonds is 3. The first-order valence-corrected chi connectivity index (χ1v) is 7.01. The van der Waals surface area contributed by atoms with Gasteiger partial charge in [-0.3, -0.25) is 4.90 Å². The Hall–Kier alpha value is -1.27. The number of nitrogens with zero attached hydrogens (tertiary/aromatic N) is 1. The van der Waals surface area contributed by atoms with Crippen molar-refractivity contribution in [3.05, 3.63) is 22.2 Å². The van der Waals surface area contributed by atoms with Gasteiger partial charge in [0.05, 0.1) is 18.3 Å². The lowest BCUT2D eigenvalue weighted by Crippen LogP contribution is -2.42. The number of benzene rings is 1. The van der Waals surface area contributed by atoms with Gasteiger partial charge in [-0.1, -0.05) is 36.7 Å². The summed E-state index contributed by atoms with van der Waals surface area (Å²) in [6, 6.07) is 3.21. The molecule has 1 aromatic carbocycles. The van der Waals surface area contributed by atoms with Crippen LogP contribution in [0.25, 0.3) is 0 Å². The van der Waals surface area contributed by atoms with E-state index in [9.17, 15) is 20.1 Å². The van der Waals surface area contributed by atoms with Crippen molar-refractivity contribution in [1.82, 2.24) is 0 Å². The molecule has 112 valence electrons. The van der Waals surface area contributed by atoms with Gasteiger partial charge in [-0.05, 0) is 30.0 Å². The second kappa shape index (κ2) is 6.01. The molecule has 0 saturated heterocycles. The number of hydrogen-bond acceptors (Lipinski definition) is 3. The molecule has 20 heavy (non-hydrogen) atoms. The molecule has 1 atom stereocenters. The largest absolute Gasteiger partial charge is 0.505 e. The summed E-state index contributed by atoms with van der Waals surface area (Å²) >= 11 is 3.28. The molecule has 1 amide bonds. The lowest BCUT2D eigenvalue weighted by Gasteiger charge is -2.31. The average Bonchev–Trinajstić information content (AvgIpc) is 2.29. The average molecular weight is 346 g/mol. The van der Waals surface area contributed by atoms with Crippen LogP contribution in [0.2, 0.25) is 0 Å². The molecular weight excluding hydrogens is 326 g/mol. The fraction of sp³-hybridized carbons (Fsp3) is 0.500. The first-order valence-electron chi connectivity index (χ1n) is 6.21. The Balaban J connectivity index is 3.19. The summed E-state index contributed by atoms with van der Waals surface area (Å²) in [7, 11) is 0. The third-order valence-electron chi connectivity index (χ3n) is 3.12. The minimum absolute atomic E-state index is 0.100. The molecule has 6 heteroatoms. The molecule has 0 aromatic heterocycles. The van der Waals surface area contributed by atoms with E-state index in [-0.39, 0.29) is 18.0 Å². The number of anilines is 1. The fourth-order valence-electron chi connectivity index (χ4n) is 1.65. The van der Waals surface area contributed by atoms with Crippen molar-refractivity contribution in [2.75, 3.05) is 11.4 Å². The highest BCUT2D eigenvalue weighted by Gasteiger charge is 2.29. The molecule has 0 aliphatic carbocycles. The maximum absolute atomic E-state index is 11.4. The van der Waals surface area contributed by atoms with E-state index >= 15 is 0 Å². The highest BCUT2D eigenvalue weighted by atomic mass is 79.9. The maximum Gasteiger partial charge on any atom is 0.412 e. The highest BCUT2D eigenvalue weighted by Crippen LogP contribution is 2.35. The smallest absolute Gasteiger partial charge is 0.412 e. The molecule has 5 nitrogen and oxygen atoms in total. The third-order valence-corrected chi connectivity index (χ3v) is 3.58. The Labute approximate surface area is 127 Å². The van der Waals surface area contributed by atoms with Crippen LogP contribution in [-0.2, 0) is 0 Å². The molecule has 0 aliphatic heterocycles. The fourth-order valence-corrected chi connectivity index (χ4v) is 2.21. The number of phenolic OH excluding ortho intramolecular Hbond substituents is 1. The summed E-state index contributed by atoms with van der Waals surface area (Å²) in [4.78, 5) is 12.4. The predicted octanol–water partition coefficient (Wildman–Crippen LogP) is 3.35. The first kappa shape index (κ1) is 16.8. The summed E-state index contributed by atoms with van der Waals surface area (Å²) in [5, 5.41) is 29.5. The zero-order valence-electron chi connectivity index (χ0n) is 12.0. The Morgan fingerprint density at radius 2 is 1.95 bits per heavy atom. The van der Waals surface area contributed by atoms with Crippen molar-refractivity contribution in [2.45, 2.75) is 33.8 Å². The van der Waals surface area contributed by atoms with Crippen molar-refractivity contribution >= 4 is 27.7 Å². The van der Waals surface area contributed by atoms with Crippen LogP contribution in [0.4, 0.5) is 10.5 Å². The van der Waals surface area contributed by atoms with Crippen LogP contribution < -0.4 is 4.90 Å². The quantitative estimate of drug-likeness (QED) is 0.784. The Morgan fingerprint density at radius 1 is 1.40 bits per heavy atom. The molecule has 0 bridgehead atoms. The van der Waals surface area contributed by atoms with E-state index in [0.717, 1.165) is 4.90 Å². The summed E-state index contributed by atoms with van der Waals surface area (Å²) in [6.07, 6.45) is -2.07. The summed E-state index contributed by atoms with van der Waals surface area (Å²) in [5.41, 5.74) is 0.267. The minimum Gasteiger partial charge on any atom is -0.505 e. The summed E-state index contributed by atoms with van der Waals surface area (Å²) < 4.78 is 0.666. The van der Waals surface area contributed by atoms with E-state index in [1.54, 1.807) is 13.0 Å². The number of aryl methyl sites for hydroxylation is 1. The van der Waals surface area contributed by atoms with Gasteiger partial charge in [-0.25, -0.2) is 4.79 Å². The van der Waals surface area contributed by atoms with Crippen molar-refractivity contribution < 1.29 is 20.1 Å². The van der Waals surface area contributed by atoms with Gasteiger partial charge in [0.2, 0.25) is 0 Å². The second-order valence-electron chi connectivity index (χ2n) is 5.87. The van der Waals surface area contributed by atoms with Crippen LogP contribution in [0.15, 0.2) is 16.6 Å². The lowest BCUT2D eigenvalue weighted by atomic mass is 9.89. The molecule has 1 unspecified atom stereocenters. The maximum atomic E-state index is 11.4. The van der Waals surface area contributed by atoms with E-state index in [4.69, 9.17) is 0 Å². The van der Waals surface area contributed by atoms with Crippen LogP contribution in [0.3, 0.4) is 0 Å². The van der Waals surface area contributed by atoms with E-state index in [1.165, 1.54) is 6.07 Å². The van der Waals surface area contributed by atoms with E-state index in [0.29, 0.717) is 10.0 Å². The molecule has 0 spiro atoms. The van der Waals surface area contributed by atoms with Crippen LogP contribution in [0, 0.1) is 12.3 Å². The highest BCUT2D eigenvalue weighted by molar-refractivity contribution is 9.10. The number of aliphatic hydroxyl groups excluding tert-OH is 1. The van der Waals surface area contributed by atoms with Crippen molar-refractivity contribution in [3.8, 4) is 5.75 Å². The van der Waals surface area contributed by atoms with Crippen LogP contribution in [0.1, 0.15) is 26.3 Å². The number of carbonyl (C=O) groups is 1. The topological polar surface area (TPSA) is 81.0 Å². The number of phenols is 1. The summed E-state index contributed by atoms with van der Waals surface area (Å²) in [5.74, 6) is -0.100. The van der Waals surface area contributed by atoms with E-state index in [2.05, 4.69) is 15.9 Å². The van der Waals surface area contributed by atoms with Crippen molar-refractivity contribution in [2.24, 2.45) is 5.41 Å². The number of halogens is 1. The standard InChI is InChI=1S/C14H20BrNO4/c1-8-5-9(15)6-10(12(8)18)16(13(19)20)7-11(17)14(2,3)4/h5-6,11,17-18H,7H2,1-4H3,(H,19,20). The van der Waals surface area contributed by atoms with Gasteiger partial charge in [0.15, 0.2) is 0 Å². The van der Waals surface area contributed by atoms with Crippen LogP contribution >= 0.6 is 15.9 Å². The SMILES string of the molecule is Cc1cc(Br)cc(N(CC(O)C(C)(C)C)C(=O)O)c1O. The minimum atomic E-state index is -1.22. The number of carboxylic acid groups (broad SMARTS) is 1. The molecule has 3 N–H and O–H groups in total. The van der Waals surface area contributed by atoms with Crippen LogP contribution in [-0.4, -0.2) is 34.1 Å². The molecule has 0 aliphatic rings. The molecule has 1 aromatic rings. The van der Waals surface area contributed by atoms with Gasteiger partial charge in [-0.15, -0.1) is 0 Å². The zero-order chi connectivity index (χ0) is 15.7. The van der Waals surface area contributed by atoms with Gasteiger partial charge >= 0.3 is 6.09 Å². The second-order valence-corrected chi connectivity index (χ2v) is 6.78. The zero-order valence-corrected chi connectivity index (χ0v) is 13.6. The Bertz CT molecular complexity index is 511. The Kier molecular flexibility index (Phi) is 5.05. The monoisotopic (exact) mass is 345 g/mol. The van der Waals surface area contributed by atoms with Gasteiger partial charge in [0.1, 0.15) is 5.75 Å². The number of aliphatic hydroxyl groups is 1. The summed E-state index contributed by atoms with van der Waals surface area (Å²) in [6.45, 7) is 7.04. The molecule has 0 fully saturated rings. The molecule has 0 saturated carbocycles. The normalized spacial score (nSPS) is 13.1. The van der Waals surface area contributed by atoms with E-state index in [1.807, 2.05) is 20.8 Å². The molecule has 0 radical (unpaired) electrons. The predicted molar refractivity (Wildman–Crippen MR) is 81.4 cm³/mol. The van der Waals surface area contributed by atoms with Gasteiger partial charge in [0, 0.05) is 4.47 Å². The lowest BCUT2D eigenvalue weighted by molar-refractivity contribution is 0.0684. The number of amides is 1. The van der Waals surface area contributed by atoms with E-state index < -0.39 is 17.6 Å². The third kappa shape index (κ3) is 3.86. The molecule has 0 heterocycles. The molecule has 1 rings (SSSR count). The van der Waals surface area contributed by atoms with Gasteiger partial charge in [0.25, 0.3) is 0 Å². The van der Waals surface area contributed by atoms with Crippen molar-refractivity contribution in [1.29, 1.82) is 0 Å². The molecular formula is C14H20BrNO4. The van der Waals surface area contributed by atoms with Gasteiger partial charge < -0.3 is 15.3 Å². The first-order chi connectivity index (χ1) is 9.04. The Morgan fingerprint density at radius 3 is 2.40 bits per heavy atom. The van der Waals surface area contributed by atoms with Gasteiger partial charge in [-0.2, -0.15) is 0 Å². The number of aromatic hydroxyl groups is 1.